The average Bonchev–Trinajstić information content (AvgIpc) is 3.65. The number of fused-ring (bicyclic) bond motifs is 2. The Morgan fingerprint density at radius 3 is 2.79 bits per heavy atom. The summed E-state index contributed by atoms with van der Waals surface area (Å²) in [6, 6.07) is 9.77. The van der Waals surface area contributed by atoms with Crippen LogP contribution in [-0.2, 0) is 4.74 Å². The fourth-order valence-electron chi connectivity index (χ4n) is 4.06. The molecule has 1 fully saturated rings. The Kier molecular flexibility index (Phi) is 5.79. The number of carbonyl (C=O) groups excluding carboxylic acids is 1. The van der Waals surface area contributed by atoms with Crippen LogP contribution in [0.15, 0.2) is 42.6 Å². The van der Waals surface area contributed by atoms with Crippen LogP contribution in [-0.4, -0.2) is 28.5 Å². The number of pyridine rings is 2. The molecule has 3 heterocycles. The van der Waals surface area contributed by atoms with Crippen molar-refractivity contribution in [2.75, 3.05) is 11.9 Å². The number of hydrogen-bond donors (Lipinski definition) is 3. The van der Waals surface area contributed by atoms with E-state index in [9.17, 15) is 9.18 Å². The SMILES string of the molecule is N=C(N)OCC[C@@H]1c2cc(NC(=O)c3ccc(Cl)cn3)ccc2Oc2c1cc(C1CC1)nc2F. The number of nitrogens with one attached hydrogen (secondary N) is 2. The second kappa shape index (κ2) is 8.90. The van der Waals surface area contributed by atoms with Gasteiger partial charge in [0.15, 0.2) is 5.75 Å². The lowest BCUT2D eigenvalue weighted by Gasteiger charge is -2.29. The fraction of sp³-hybridized carbons (Fsp3) is 0.250. The Labute approximate surface area is 199 Å². The molecule has 174 valence electrons. The minimum atomic E-state index is -0.645. The summed E-state index contributed by atoms with van der Waals surface area (Å²) < 4.78 is 26.0. The molecular formula is C24H21ClFN5O3. The molecule has 10 heteroatoms. The molecule has 0 radical (unpaired) electrons. The molecule has 1 atom stereocenters. The minimum absolute atomic E-state index is 0.0897. The number of amides is 1. The van der Waals surface area contributed by atoms with Gasteiger partial charge in [0.25, 0.3) is 17.9 Å². The number of amidine groups is 1. The van der Waals surface area contributed by atoms with Crippen molar-refractivity contribution in [2.24, 2.45) is 5.73 Å². The first-order chi connectivity index (χ1) is 16.4. The van der Waals surface area contributed by atoms with E-state index in [1.807, 2.05) is 6.07 Å². The zero-order chi connectivity index (χ0) is 23.8. The number of ether oxygens (including phenoxy) is 2. The Balaban J connectivity index is 1.48. The molecule has 3 aromatic rings. The van der Waals surface area contributed by atoms with Gasteiger partial charge in [-0.15, -0.1) is 0 Å². The summed E-state index contributed by atoms with van der Waals surface area (Å²) in [5.74, 6) is -0.536. The lowest BCUT2D eigenvalue weighted by Crippen LogP contribution is -2.19. The van der Waals surface area contributed by atoms with E-state index in [0.29, 0.717) is 34.1 Å². The highest BCUT2D eigenvalue weighted by atomic mass is 35.5. The van der Waals surface area contributed by atoms with Gasteiger partial charge in [-0.1, -0.05) is 11.6 Å². The summed E-state index contributed by atoms with van der Waals surface area (Å²) in [6.45, 7) is 0.160. The summed E-state index contributed by atoms with van der Waals surface area (Å²) in [5.41, 5.74) is 8.22. The molecule has 4 N–H and O–H groups in total. The van der Waals surface area contributed by atoms with Crippen molar-refractivity contribution in [3.63, 3.8) is 0 Å². The maximum atomic E-state index is 14.9. The molecular weight excluding hydrogens is 461 g/mol. The van der Waals surface area contributed by atoms with Crippen LogP contribution in [0.1, 0.15) is 58.4 Å². The van der Waals surface area contributed by atoms with Crippen molar-refractivity contribution in [2.45, 2.75) is 31.1 Å². The van der Waals surface area contributed by atoms with E-state index < -0.39 is 11.9 Å². The van der Waals surface area contributed by atoms with E-state index in [1.54, 1.807) is 24.3 Å². The van der Waals surface area contributed by atoms with E-state index in [2.05, 4.69) is 15.3 Å². The number of halogens is 2. The van der Waals surface area contributed by atoms with Gasteiger partial charge in [-0.05, 0) is 55.7 Å². The predicted molar refractivity (Wildman–Crippen MR) is 124 cm³/mol. The third-order valence-corrected chi connectivity index (χ3v) is 6.05. The Morgan fingerprint density at radius 1 is 1.26 bits per heavy atom. The monoisotopic (exact) mass is 481 g/mol. The first kappa shape index (κ1) is 22.1. The molecule has 5 rings (SSSR count). The smallest absolute Gasteiger partial charge is 0.278 e. The van der Waals surface area contributed by atoms with Crippen LogP contribution in [0.25, 0.3) is 0 Å². The predicted octanol–water partition coefficient (Wildman–Crippen LogP) is 4.94. The van der Waals surface area contributed by atoms with Crippen molar-refractivity contribution < 1.29 is 18.7 Å². The van der Waals surface area contributed by atoms with Crippen molar-refractivity contribution in [3.8, 4) is 11.5 Å². The first-order valence-corrected chi connectivity index (χ1v) is 11.2. The molecule has 0 bridgehead atoms. The van der Waals surface area contributed by atoms with E-state index in [-0.39, 0.29) is 35.9 Å². The van der Waals surface area contributed by atoms with Gasteiger partial charge < -0.3 is 20.5 Å². The van der Waals surface area contributed by atoms with Crippen molar-refractivity contribution in [1.82, 2.24) is 9.97 Å². The number of anilines is 1. The second-order valence-electron chi connectivity index (χ2n) is 8.25. The summed E-state index contributed by atoms with van der Waals surface area (Å²) >= 11 is 5.85. The topological polar surface area (TPSA) is 123 Å². The number of nitrogens with zero attached hydrogens (tertiary/aromatic N) is 2. The Bertz CT molecular complexity index is 1280. The van der Waals surface area contributed by atoms with E-state index >= 15 is 0 Å². The maximum Gasteiger partial charge on any atom is 0.278 e. The van der Waals surface area contributed by atoms with E-state index in [1.165, 1.54) is 12.3 Å². The molecule has 1 aliphatic carbocycles. The van der Waals surface area contributed by atoms with Gasteiger partial charge in [-0.2, -0.15) is 4.39 Å². The van der Waals surface area contributed by atoms with Crippen LogP contribution in [0.5, 0.6) is 11.5 Å². The maximum absolute atomic E-state index is 14.9. The molecule has 1 aliphatic heterocycles. The standard InChI is InChI=1S/C24H21ClFN5O3/c25-13-3-5-18(29-11-13)23(32)30-14-4-6-20-16(9-14)15(7-8-33-24(27)28)17-10-19(12-1-2-12)31-22(26)21(17)34-20/h3-6,9-12,15H,1-2,7-8H2,(H3,27,28)(H,30,32)/t15-/m1/s1. The zero-order valence-corrected chi connectivity index (χ0v) is 18.7. The van der Waals surface area contributed by atoms with Gasteiger partial charge in [0, 0.05) is 40.5 Å². The molecule has 1 aromatic carbocycles. The lowest BCUT2D eigenvalue weighted by atomic mass is 9.85. The largest absolute Gasteiger partial charge is 0.466 e. The highest BCUT2D eigenvalue weighted by Gasteiger charge is 2.34. The zero-order valence-electron chi connectivity index (χ0n) is 18.0. The normalized spacial score (nSPS) is 16.1. The van der Waals surface area contributed by atoms with E-state index in [0.717, 1.165) is 18.4 Å². The van der Waals surface area contributed by atoms with Gasteiger partial charge in [0.1, 0.15) is 11.4 Å². The molecule has 0 unspecified atom stereocenters. The van der Waals surface area contributed by atoms with Crippen LogP contribution in [0.3, 0.4) is 0 Å². The molecule has 1 amide bonds. The van der Waals surface area contributed by atoms with Gasteiger partial charge in [0.2, 0.25) is 0 Å². The van der Waals surface area contributed by atoms with Crippen LogP contribution in [0, 0.1) is 11.4 Å². The number of rotatable bonds is 6. The van der Waals surface area contributed by atoms with Crippen molar-refractivity contribution >= 4 is 29.2 Å². The van der Waals surface area contributed by atoms with Gasteiger partial charge in [0.05, 0.1) is 11.6 Å². The quantitative estimate of drug-likeness (QED) is 0.260. The molecule has 34 heavy (non-hydrogen) atoms. The van der Waals surface area contributed by atoms with Crippen LogP contribution in [0.2, 0.25) is 5.02 Å². The summed E-state index contributed by atoms with van der Waals surface area (Å²) in [5, 5.41) is 10.6. The van der Waals surface area contributed by atoms with Crippen LogP contribution >= 0.6 is 11.6 Å². The molecule has 1 saturated carbocycles. The summed E-state index contributed by atoms with van der Waals surface area (Å²) in [7, 11) is 0. The number of carbonyl (C=O) groups is 1. The molecule has 2 aliphatic rings. The molecule has 2 aromatic heterocycles. The Morgan fingerprint density at radius 2 is 2.09 bits per heavy atom. The minimum Gasteiger partial charge on any atom is -0.466 e. The second-order valence-corrected chi connectivity index (χ2v) is 8.69. The van der Waals surface area contributed by atoms with Gasteiger partial charge in [-0.25, -0.2) is 9.97 Å². The first-order valence-electron chi connectivity index (χ1n) is 10.8. The summed E-state index contributed by atoms with van der Waals surface area (Å²) in [6.07, 6.45) is 3.79. The van der Waals surface area contributed by atoms with Crippen molar-refractivity contribution in [3.05, 3.63) is 76.1 Å². The summed E-state index contributed by atoms with van der Waals surface area (Å²) in [4.78, 5) is 20.8. The lowest BCUT2D eigenvalue weighted by molar-refractivity contribution is 0.102. The third kappa shape index (κ3) is 4.51. The average molecular weight is 482 g/mol. The van der Waals surface area contributed by atoms with E-state index in [4.69, 9.17) is 32.2 Å². The number of nitrogens with two attached hydrogens (primary N) is 1. The van der Waals surface area contributed by atoms with Crippen molar-refractivity contribution in [1.29, 1.82) is 5.41 Å². The van der Waals surface area contributed by atoms with Crippen LogP contribution < -0.4 is 15.8 Å². The molecule has 8 nitrogen and oxygen atoms in total. The highest BCUT2D eigenvalue weighted by molar-refractivity contribution is 6.30. The van der Waals surface area contributed by atoms with Gasteiger partial charge >= 0.3 is 0 Å². The molecule has 0 saturated heterocycles. The third-order valence-electron chi connectivity index (χ3n) is 5.83. The Hall–Kier alpha value is -3.72. The van der Waals surface area contributed by atoms with Gasteiger partial charge in [-0.3, -0.25) is 10.2 Å². The molecule has 0 spiro atoms. The van der Waals surface area contributed by atoms with Crippen LogP contribution in [0.4, 0.5) is 10.1 Å². The number of hydrogen-bond acceptors (Lipinski definition) is 6. The fourth-order valence-corrected chi connectivity index (χ4v) is 4.17. The highest BCUT2D eigenvalue weighted by Crippen LogP contribution is 2.49. The number of aromatic nitrogens is 2. The number of benzene rings is 1.